The van der Waals surface area contributed by atoms with Gasteiger partial charge in [0.05, 0.1) is 5.69 Å². The minimum absolute atomic E-state index is 0. The standard InChI is InChI=1S/C10H11F3N2O.ClH/c1-5(14)2-10(16)15-9-4-7(12)6(11)3-8(9)13;/h3-5H,2,14H2,1H3,(H,15,16);1H. The van der Waals surface area contributed by atoms with Gasteiger partial charge in [-0.05, 0) is 6.92 Å². The van der Waals surface area contributed by atoms with E-state index in [1.54, 1.807) is 6.92 Å². The summed E-state index contributed by atoms with van der Waals surface area (Å²) in [4.78, 5) is 11.2. The smallest absolute Gasteiger partial charge is 0.225 e. The fraction of sp³-hybridized carbons (Fsp3) is 0.300. The van der Waals surface area contributed by atoms with Gasteiger partial charge in [-0.25, -0.2) is 13.2 Å². The predicted molar refractivity (Wildman–Crippen MR) is 60.5 cm³/mol. The van der Waals surface area contributed by atoms with E-state index in [9.17, 15) is 18.0 Å². The van der Waals surface area contributed by atoms with Crippen LogP contribution in [-0.4, -0.2) is 11.9 Å². The number of anilines is 1. The molecular formula is C10H12ClF3N2O. The summed E-state index contributed by atoms with van der Waals surface area (Å²) in [6, 6.07) is 0.564. The summed E-state index contributed by atoms with van der Waals surface area (Å²) >= 11 is 0. The molecule has 0 fully saturated rings. The predicted octanol–water partition coefficient (Wildman–Crippen LogP) is 2.20. The number of benzene rings is 1. The minimum Gasteiger partial charge on any atom is -0.327 e. The lowest BCUT2D eigenvalue weighted by Crippen LogP contribution is -2.24. The first-order chi connectivity index (χ1) is 7.40. The molecule has 0 bridgehead atoms. The zero-order chi connectivity index (χ0) is 12.3. The number of carbonyl (C=O) groups is 1. The van der Waals surface area contributed by atoms with Gasteiger partial charge in [-0.15, -0.1) is 12.4 Å². The van der Waals surface area contributed by atoms with Crippen molar-refractivity contribution in [1.29, 1.82) is 0 Å². The molecule has 1 atom stereocenters. The second kappa shape index (κ2) is 6.46. The van der Waals surface area contributed by atoms with Crippen LogP contribution in [0.2, 0.25) is 0 Å². The van der Waals surface area contributed by atoms with Crippen molar-refractivity contribution in [3.8, 4) is 0 Å². The van der Waals surface area contributed by atoms with Crippen molar-refractivity contribution in [3.63, 3.8) is 0 Å². The fourth-order valence-corrected chi connectivity index (χ4v) is 1.11. The Labute approximate surface area is 103 Å². The van der Waals surface area contributed by atoms with E-state index in [-0.39, 0.29) is 18.8 Å². The van der Waals surface area contributed by atoms with Crippen molar-refractivity contribution in [2.45, 2.75) is 19.4 Å². The van der Waals surface area contributed by atoms with Crippen LogP contribution in [0, 0.1) is 17.5 Å². The Kier molecular flexibility index (Phi) is 5.98. The summed E-state index contributed by atoms with van der Waals surface area (Å²) in [6.07, 6.45) is -0.0293. The van der Waals surface area contributed by atoms with E-state index in [0.717, 1.165) is 0 Å². The lowest BCUT2D eigenvalue weighted by atomic mass is 10.2. The molecule has 0 aliphatic heterocycles. The van der Waals surface area contributed by atoms with Crippen LogP contribution >= 0.6 is 12.4 Å². The van der Waals surface area contributed by atoms with Crippen LogP contribution in [0.4, 0.5) is 18.9 Å². The van der Waals surface area contributed by atoms with Crippen LogP contribution in [0.1, 0.15) is 13.3 Å². The summed E-state index contributed by atoms with van der Waals surface area (Å²) in [5.41, 5.74) is 4.95. The van der Waals surface area contributed by atoms with Gasteiger partial charge in [-0.3, -0.25) is 4.79 Å². The van der Waals surface area contributed by atoms with Gasteiger partial charge in [0, 0.05) is 24.6 Å². The number of nitrogens with two attached hydrogens (primary N) is 1. The first-order valence-electron chi connectivity index (χ1n) is 4.60. The van der Waals surface area contributed by atoms with Crippen molar-refractivity contribution in [2.75, 3.05) is 5.32 Å². The minimum atomic E-state index is -1.30. The number of carbonyl (C=O) groups excluding carboxylic acids is 1. The zero-order valence-electron chi connectivity index (χ0n) is 8.97. The molecule has 0 spiro atoms. The van der Waals surface area contributed by atoms with Gasteiger partial charge < -0.3 is 11.1 Å². The van der Waals surface area contributed by atoms with Gasteiger partial charge in [0.2, 0.25) is 5.91 Å². The Bertz CT molecular complexity index is 413. The first-order valence-corrected chi connectivity index (χ1v) is 4.60. The molecule has 7 heteroatoms. The zero-order valence-corrected chi connectivity index (χ0v) is 9.78. The topological polar surface area (TPSA) is 55.1 Å². The van der Waals surface area contributed by atoms with E-state index in [1.165, 1.54) is 0 Å². The van der Waals surface area contributed by atoms with Crippen LogP contribution in [0.3, 0.4) is 0 Å². The molecule has 0 aromatic heterocycles. The third-order valence-electron chi connectivity index (χ3n) is 1.79. The average Bonchev–Trinajstić information content (AvgIpc) is 2.12. The molecule has 0 aliphatic carbocycles. The second-order valence-corrected chi connectivity index (χ2v) is 3.48. The molecule has 1 unspecified atom stereocenters. The highest BCUT2D eigenvalue weighted by Crippen LogP contribution is 2.18. The van der Waals surface area contributed by atoms with Gasteiger partial charge in [-0.1, -0.05) is 0 Å². The highest BCUT2D eigenvalue weighted by molar-refractivity contribution is 5.91. The van der Waals surface area contributed by atoms with E-state index in [1.807, 2.05) is 0 Å². The number of hydrogen-bond donors (Lipinski definition) is 2. The van der Waals surface area contributed by atoms with Gasteiger partial charge in [-0.2, -0.15) is 0 Å². The molecule has 17 heavy (non-hydrogen) atoms. The summed E-state index contributed by atoms with van der Waals surface area (Å²) in [5.74, 6) is -4.11. The number of nitrogens with one attached hydrogen (secondary N) is 1. The van der Waals surface area contributed by atoms with Crippen LogP contribution in [0.25, 0.3) is 0 Å². The van der Waals surface area contributed by atoms with Crippen molar-refractivity contribution in [2.24, 2.45) is 5.73 Å². The van der Waals surface area contributed by atoms with E-state index in [0.29, 0.717) is 12.1 Å². The molecule has 1 amide bonds. The van der Waals surface area contributed by atoms with Crippen molar-refractivity contribution in [3.05, 3.63) is 29.6 Å². The van der Waals surface area contributed by atoms with Gasteiger partial charge in [0.1, 0.15) is 5.82 Å². The first kappa shape index (κ1) is 15.7. The molecule has 3 N–H and O–H groups in total. The second-order valence-electron chi connectivity index (χ2n) is 3.48. The summed E-state index contributed by atoms with van der Waals surface area (Å²) in [6.45, 7) is 1.60. The van der Waals surface area contributed by atoms with Crippen molar-refractivity contribution < 1.29 is 18.0 Å². The summed E-state index contributed by atoms with van der Waals surface area (Å²) < 4.78 is 38.4. The summed E-state index contributed by atoms with van der Waals surface area (Å²) in [7, 11) is 0. The quantitative estimate of drug-likeness (QED) is 0.826. The third kappa shape index (κ3) is 4.62. The molecular weight excluding hydrogens is 257 g/mol. The third-order valence-corrected chi connectivity index (χ3v) is 1.79. The van der Waals surface area contributed by atoms with Gasteiger partial charge in [0.25, 0.3) is 0 Å². The van der Waals surface area contributed by atoms with Gasteiger partial charge >= 0.3 is 0 Å². The molecule has 1 rings (SSSR count). The van der Waals surface area contributed by atoms with Crippen LogP contribution in [-0.2, 0) is 4.79 Å². The van der Waals surface area contributed by atoms with E-state index >= 15 is 0 Å². The molecule has 0 saturated carbocycles. The number of rotatable bonds is 3. The maximum absolute atomic E-state index is 13.1. The molecule has 1 aromatic carbocycles. The number of amides is 1. The highest BCUT2D eigenvalue weighted by Gasteiger charge is 2.12. The molecule has 0 heterocycles. The normalized spacial score (nSPS) is 11.6. The van der Waals surface area contributed by atoms with Crippen LogP contribution < -0.4 is 11.1 Å². The molecule has 0 aliphatic rings. The Morgan fingerprint density at radius 2 is 1.82 bits per heavy atom. The average molecular weight is 269 g/mol. The van der Waals surface area contributed by atoms with E-state index < -0.39 is 35.1 Å². The van der Waals surface area contributed by atoms with Crippen LogP contribution in [0.15, 0.2) is 12.1 Å². The lowest BCUT2D eigenvalue weighted by Gasteiger charge is -2.08. The van der Waals surface area contributed by atoms with Crippen molar-refractivity contribution >= 4 is 24.0 Å². The monoisotopic (exact) mass is 268 g/mol. The maximum atomic E-state index is 13.1. The SMILES string of the molecule is CC(N)CC(=O)Nc1cc(F)c(F)cc1F.Cl. The molecule has 96 valence electrons. The molecule has 3 nitrogen and oxygen atoms in total. The summed E-state index contributed by atoms with van der Waals surface area (Å²) in [5, 5.41) is 2.11. The van der Waals surface area contributed by atoms with Gasteiger partial charge in [0.15, 0.2) is 11.6 Å². The maximum Gasteiger partial charge on any atom is 0.225 e. The highest BCUT2D eigenvalue weighted by atomic mass is 35.5. The molecule has 0 saturated heterocycles. The number of hydrogen-bond acceptors (Lipinski definition) is 2. The Hall–Kier alpha value is -1.27. The van der Waals surface area contributed by atoms with Crippen LogP contribution in [0.5, 0.6) is 0 Å². The largest absolute Gasteiger partial charge is 0.327 e. The van der Waals surface area contributed by atoms with Crippen molar-refractivity contribution in [1.82, 2.24) is 0 Å². The molecule has 0 radical (unpaired) electrons. The van der Waals surface area contributed by atoms with E-state index in [4.69, 9.17) is 5.73 Å². The Balaban J connectivity index is 0.00000256. The Morgan fingerprint density at radius 1 is 1.29 bits per heavy atom. The Morgan fingerprint density at radius 3 is 2.35 bits per heavy atom. The van der Waals surface area contributed by atoms with E-state index in [2.05, 4.69) is 5.32 Å². The molecule has 1 aromatic rings. The number of halogens is 4. The lowest BCUT2D eigenvalue weighted by molar-refractivity contribution is -0.116. The fourth-order valence-electron chi connectivity index (χ4n) is 1.11.